The lowest BCUT2D eigenvalue weighted by atomic mass is 9.87. The Morgan fingerprint density at radius 1 is 0.958 bits per heavy atom. The Balaban J connectivity index is 1.83. The second-order valence-corrected chi connectivity index (χ2v) is 7.05. The van der Waals surface area contributed by atoms with E-state index in [2.05, 4.69) is 43.1 Å². The monoisotopic (exact) mass is 338 g/mol. The first kappa shape index (κ1) is 16.5. The number of halogens is 1. The van der Waals surface area contributed by atoms with Crippen LogP contribution in [0.2, 0.25) is 0 Å². The Bertz CT molecular complexity index is 843. The molecule has 2 aromatic carbocycles. The Kier molecular flexibility index (Phi) is 4.54. The van der Waals surface area contributed by atoms with Crippen LogP contribution in [-0.2, 0) is 5.41 Å². The van der Waals surface area contributed by atoms with Gasteiger partial charge in [-0.15, -0.1) is 10.2 Å². The first-order valence-electron chi connectivity index (χ1n) is 7.80. The molecule has 3 rings (SSSR count). The predicted molar refractivity (Wildman–Crippen MR) is 98.6 cm³/mol. The average Bonchev–Trinajstić information content (AvgIpc) is 3.05. The van der Waals surface area contributed by atoms with Gasteiger partial charge in [0.1, 0.15) is 5.03 Å². The standard InChI is InChI=1S/C20H19ClN2O/c1-20(2,3)16-11-9-14(10-12-16)13-17(21)19-23-22-18(24-19)15-7-5-4-6-8-15/h4-13H,1-3H3/b17-13-. The van der Waals surface area contributed by atoms with Crippen LogP contribution in [0.3, 0.4) is 0 Å². The summed E-state index contributed by atoms with van der Waals surface area (Å²) in [6, 6.07) is 17.9. The number of nitrogens with zero attached hydrogens (tertiary/aromatic N) is 2. The van der Waals surface area contributed by atoms with Gasteiger partial charge in [0.25, 0.3) is 5.89 Å². The maximum atomic E-state index is 6.34. The molecule has 0 amide bonds. The molecule has 0 aliphatic rings. The van der Waals surface area contributed by atoms with E-state index in [1.54, 1.807) is 0 Å². The zero-order chi connectivity index (χ0) is 17.2. The maximum absolute atomic E-state index is 6.34. The first-order valence-corrected chi connectivity index (χ1v) is 8.18. The summed E-state index contributed by atoms with van der Waals surface area (Å²) in [5.74, 6) is 0.774. The van der Waals surface area contributed by atoms with Gasteiger partial charge in [0.05, 0.1) is 0 Å². The van der Waals surface area contributed by atoms with Crippen LogP contribution >= 0.6 is 11.6 Å². The van der Waals surface area contributed by atoms with Crippen molar-refractivity contribution >= 4 is 22.7 Å². The third-order valence-corrected chi connectivity index (χ3v) is 3.99. The molecule has 0 bridgehead atoms. The van der Waals surface area contributed by atoms with E-state index in [1.807, 2.05) is 48.5 Å². The molecular weight excluding hydrogens is 320 g/mol. The Labute approximate surface area is 147 Å². The van der Waals surface area contributed by atoms with Crippen molar-refractivity contribution in [2.75, 3.05) is 0 Å². The molecule has 1 heterocycles. The van der Waals surface area contributed by atoms with Crippen molar-refractivity contribution in [2.45, 2.75) is 26.2 Å². The largest absolute Gasteiger partial charge is 0.415 e. The summed E-state index contributed by atoms with van der Waals surface area (Å²) in [7, 11) is 0. The van der Waals surface area contributed by atoms with Crippen LogP contribution in [0.1, 0.15) is 37.8 Å². The van der Waals surface area contributed by atoms with Gasteiger partial charge in [-0.3, -0.25) is 0 Å². The number of rotatable bonds is 3. The van der Waals surface area contributed by atoms with Gasteiger partial charge in [-0.05, 0) is 34.8 Å². The molecule has 122 valence electrons. The van der Waals surface area contributed by atoms with Crippen LogP contribution in [-0.4, -0.2) is 10.2 Å². The third-order valence-electron chi connectivity index (χ3n) is 3.72. The average molecular weight is 339 g/mol. The molecule has 0 saturated carbocycles. The highest BCUT2D eigenvalue weighted by atomic mass is 35.5. The van der Waals surface area contributed by atoms with Gasteiger partial charge in [0.2, 0.25) is 5.89 Å². The summed E-state index contributed by atoms with van der Waals surface area (Å²) < 4.78 is 5.66. The van der Waals surface area contributed by atoms with Crippen molar-refractivity contribution in [2.24, 2.45) is 0 Å². The second kappa shape index (κ2) is 6.62. The van der Waals surface area contributed by atoms with Crippen LogP contribution < -0.4 is 0 Å². The quantitative estimate of drug-likeness (QED) is 0.608. The second-order valence-electron chi connectivity index (χ2n) is 6.64. The van der Waals surface area contributed by atoms with Crippen LogP contribution in [0.4, 0.5) is 0 Å². The fourth-order valence-corrected chi connectivity index (χ4v) is 2.51. The van der Waals surface area contributed by atoms with Crippen molar-refractivity contribution < 1.29 is 4.42 Å². The van der Waals surface area contributed by atoms with E-state index in [9.17, 15) is 0 Å². The topological polar surface area (TPSA) is 38.9 Å². The molecule has 0 fully saturated rings. The highest BCUT2D eigenvalue weighted by molar-refractivity contribution is 6.50. The predicted octanol–water partition coefficient (Wildman–Crippen LogP) is 5.77. The van der Waals surface area contributed by atoms with Gasteiger partial charge < -0.3 is 4.42 Å². The third kappa shape index (κ3) is 3.74. The molecule has 0 N–H and O–H groups in total. The van der Waals surface area contributed by atoms with E-state index in [0.717, 1.165) is 11.1 Å². The summed E-state index contributed by atoms with van der Waals surface area (Å²) in [6.45, 7) is 6.57. The minimum absolute atomic E-state index is 0.128. The zero-order valence-corrected chi connectivity index (χ0v) is 14.7. The normalized spacial score (nSPS) is 12.4. The molecule has 0 saturated heterocycles. The first-order chi connectivity index (χ1) is 11.4. The van der Waals surface area contributed by atoms with Crippen molar-refractivity contribution in [1.29, 1.82) is 0 Å². The smallest absolute Gasteiger partial charge is 0.259 e. The zero-order valence-electron chi connectivity index (χ0n) is 14.0. The van der Waals surface area contributed by atoms with Crippen molar-refractivity contribution in [3.63, 3.8) is 0 Å². The molecular formula is C20H19ClN2O. The Morgan fingerprint density at radius 2 is 1.62 bits per heavy atom. The summed E-state index contributed by atoms with van der Waals surface area (Å²) in [5, 5.41) is 8.51. The van der Waals surface area contributed by atoms with Crippen LogP contribution in [0.15, 0.2) is 59.0 Å². The number of aromatic nitrogens is 2. The van der Waals surface area contributed by atoms with Gasteiger partial charge in [0, 0.05) is 5.56 Å². The number of benzene rings is 2. The molecule has 0 aliphatic heterocycles. The lowest BCUT2D eigenvalue weighted by Crippen LogP contribution is -2.10. The molecule has 0 aliphatic carbocycles. The Morgan fingerprint density at radius 3 is 2.25 bits per heavy atom. The van der Waals surface area contributed by atoms with E-state index < -0.39 is 0 Å². The molecule has 1 aromatic heterocycles. The molecule has 24 heavy (non-hydrogen) atoms. The molecule has 0 atom stereocenters. The summed E-state index contributed by atoms with van der Waals surface area (Å²) in [5.41, 5.74) is 3.27. The van der Waals surface area contributed by atoms with Crippen LogP contribution in [0, 0.1) is 0 Å². The highest BCUT2D eigenvalue weighted by Crippen LogP contribution is 2.26. The number of hydrogen-bond donors (Lipinski definition) is 0. The summed E-state index contributed by atoms with van der Waals surface area (Å²) in [4.78, 5) is 0. The molecule has 0 spiro atoms. The van der Waals surface area contributed by atoms with E-state index in [-0.39, 0.29) is 5.41 Å². The van der Waals surface area contributed by atoms with Crippen LogP contribution in [0.25, 0.3) is 22.6 Å². The van der Waals surface area contributed by atoms with E-state index in [4.69, 9.17) is 16.0 Å². The molecule has 3 nitrogen and oxygen atoms in total. The minimum atomic E-state index is 0.128. The van der Waals surface area contributed by atoms with Gasteiger partial charge in [0.15, 0.2) is 0 Å². The van der Waals surface area contributed by atoms with Crippen molar-refractivity contribution in [1.82, 2.24) is 10.2 Å². The fraction of sp³-hybridized carbons (Fsp3) is 0.200. The van der Waals surface area contributed by atoms with Crippen molar-refractivity contribution in [3.05, 3.63) is 71.6 Å². The lowest BCUT2D eigenvalue weighted by molar-refractivity contribution is 0.556. The van der Waals surface area contributed by atoms with Crippen LogP contribution in [0.5, 0.6) is 0 Å². The lowest BCUT2D eigenvalue weighted by Gasteiger charge is -2.18. The minimum Gasteiger partial charge on any atom is -0.415 e. The molecule has 4 heteroatoms. The number of hydrogen-bond acceptors (Lipinski definition) is 3. The SMILES string of the molecule is CC(C)(C)c1ccc(/C=C(\Cl)c2nnc(-c3ccccc3)o2)cc1. The van der Waals surface area contributed by atoms with Crippen molar-refractivity contribution in [3.8, 4) is 11.5 Å². The van der Waals surface area contributed by atoms with E-state index in [1.165, 1.54) is 5.56 Å². The molecule has 0 radical (unpaired) electrons. The van der Waals surface area contributed by atoms with Gasteiger partial charge in [-0.2, -0.15) is 0 Å². The van der Waals surface area contributed by atoms with E-state index in [0.29, 0.717) is 16.8 Å². The fourth-order valence-electron chi connectivity index (χ4n) is 2.30. The maximum Gasteiger partial charge on any atom is 0.259 e. The Hall–Kier alpha value is -2.39. The van der Waals surface area contributed by atoms with Gasteiger partial charge in [-0.1, -0.05) is 74.8 Å². The van der Waals surface area contributed by atoms with E-state index >= 15 is 0 Å². The summed E-state index contributed by atoms with van der Waals surface area (Å²) in [6.07, 6.45) is 1.83. The highest BCUT2D eigenvalue weighted by Gasteiger charge is 2.13. The molecule has 3 aromatic rings. The van der Waals surface area contributed by atoms with Gasteiger partial charge in [-0.25, -0.2) is 0 Å². The van der Waals surface area contributed by atoms with Gasteiger partial charge >= 0.3 is 0 Å². The summed E-state index contributed by atoms with van der Waals surface area (Å²) >= 11 is 6.34. The molecule has 0 unspecified atom stereocenters.